The molecule has 0 aliphatic carbocycles. The Bertz CT molecular complexity index is 211. The summed E-state index contributed by atoms with van der Waals surface area (Å²) in [6.07, 6.45) is 0. The first-order valence-corrected chi connectivity index (χ1v) is 3.90. The summed E-state index contributed by atoms with van der Waals surface area (Å²) >= 11 is 5.69. The van der Waals surface area contributed by atoms with E-state index >= 15 is 0 Å². The van der Waals surface area contributed by atoms with Crippen LogP contribution in [0.15, 0.2) is 24.3 Å². The molecule has 68 valence electrons. The van der Waals surface area contributed by atoms with Crippen LogP contribution in [0.1, 0.15) is 0 Å². The molecular formula is C8H12Cl2N2. The van der Waals surface area contributed by atoms with Crippen molar-refractivity contribution in [2.75, 3.05) is 18.4 Å². The molecule has 0 aromatic heterocycles. The number of benzene rings is 1. The van der Waals surface area contributed by atoms with Gasteiger partial charge < -0.3 is 11.1 Å². The first-order chi connectivity index (χ1) is 5.33. The number of rotatable bonds is 3. The van der Waals surface area contributed by atoms with Crippen molar-refractivity contribution in [3.63, 3.8) is 0 Å². The van der Waals surface area contributed by atoms with E-state index < -0.39 is 0 Å². The average molecular weight is 207 g/mol. The van der Waals surface area contributed by atoms with Crippen molar-refractivity contribution in [1.29, 1.82) is 0 Å². The van der Waals surface area contributed by atoms with Gasteiger partial charge in [0.05, 0.1) is 0 Å². The molecule has 2 nitrogen and oxygen atoms in total. The van der Waals surface area contributed by atoms with Crippen molar-refractivity contribution in [2.45, 2.75) is 0 Å². The van der Waals surface area contributed by atoms with Crippen LogP contribution in [-0.4, -0.2) is 13.1 Å². The largest absolute Gasteiger partial charge is 0.384 e. The molecule has 4 heteroatoms. The van der Waals surface area contributed by atoms with Crippen molar-refractivity contribution >= 4 is 29.7 Å². The predicted octanol–water partition coefficient (Wildman–Crippen LogP) is 2.13. The van der Waals surface area contributed by atoms with Gasteiger partial charge in [-0.25, -0.2) is 0 Å². The summed E-state index contributed by atoms with van der Waals surface area (Å²) in [6.45, 7) is 1.43. The second-order valence-corrected chi connectivity index (χ2v) is 2.66. The lowest BCUT2D eigenvalue weighted by atomic mass is 10.3. The monoisotopic (exact) mass is 206 g/mol. The average Bonchev–Trinajstić information content (AvgIpc) is 2.04. The Morgan fingerprint density at radius 1 is 1.25 bits per heavy atom. The Labute approximate surface area is 83.5 Å². The van der Waals surface area contributed by atoms with E-state index in [4.69, 9.17) is 17.3 Å². The standard InChI is InChI=1S/C8H11ClN2.ClH/c9-7-1-3-8(4-2-7)11-6-5-10;/h1-4,11H,5-6,10H2;1H. The number of nitrogens with one attached hydrogen (secondary N) is 1. The lowest BCUT2D eigenvalue weighted by Crippen LogP contribution is -2.12. The maximum atomic E-state index is 5.69. The maximum Gasteiger partial charge on any atom is 0.0407 e. The molecule has 0 heterocycles. The van der Waals surface area contributed by atoms with E-state index in [0.717, 1.165) is 17.3 Å². The lowest BCUT2D eigenvalue weighted by molar-refractivity contribution is 1.02. The fourth-order valence-corrected chi connectivity index (χ4v) is 0.910. The number of nitrogens with two attached hydrogens (primary N) is 1. The molecular weight excluding hydrogens is 195 g/mol. The third kappa shape index (κ3) is 3.81. The number of halogens is 2. The first kappa shape index (κ1) is 11.6. The van der Waals surface area contributed by atoms with Crippen LogP contribution in [0.5, 0.6) is 0 Å². The highest BCUT2D eigenvalue weighted by molar-refractivity contribution is 6.30. The van der Waals surface area contributed by atoms with Gasteiger partial charge in [0.2, 0.25) is 0 Å². The molecule has 0 amide bonds. The third-order valence-corrected chi connectivity index (χ3v) is 1.57. The minimum atomic E-state index is 0. The van der Waals surface area contributed by atoms with E-state index in [1.807, 2.05) is 24.3 Å². The Balaban J connectivity index is 0.00000121. The predicted molar refractivity (Wildman–Crippen MR) is 56.2 cm³/mol. The minimum absolute atomic E-state index is 0. The molecule has 0 bridgehead atoms. The smallest absolute Gasteiger partial charge is 0.0407 e. The normalized spacial score (nSPS) is 8.83. The van der Waals surface area contributed by atoms with Gasteiger partial charge in [0.15, 0.2) is 0 Å². The Morgan fingerprint density at radius 3 is 2.33 bits per heavy atom. The van der Waals surface area contributed by atoms with E-state index in [9.17, 15) is 0 Å². The maximum absolute atomic E-state index is 5.69. The zero-order valence-corrected chi connectivity index (χ0v) is 8.16. The summed E-state index contributed by atoms with van der Waals surface area (Å²) in [7, 11) is 0. The third-order valence-electron chi connectivity index (χ3n) is 1.32. The van der Waals surface area contributed by atoms with Gasteiger partial charge in [0.25, 0.3) is 0 Å². The van der Waals surface area contributed by atoms with Crippen LogP contribution in [-0.2, 0) is 0 Å². The van der Waals surface area contributed by atoms with Crippen molar-refractivity contribution in [2.24, 2.45) is 5.73 Å². The van der Waals surface area contributed by atoms with E-state index in [-0.39, 0.29) is 12.4 Å². The van der Waals surface area contributed by atoms with Crippen LogP contribution in [0.2, 0.25) is 5.02 Å². The quantitative estimate of drug-likeness (QED) is 0.796. The van der Waals surface area contributed by atoms with Crippen LogP contribution < -0.4 is 11.1 Å². The van der Waals surface area contributed by atoms with E-state index in [2.05, 4.69) is 5.32 Å². The summed E-state index contributed by atoms with van der Waals surface area (Å²) in [5, 5.41) is 3.89. The highest BCUT2D eigenvalue weighted by Gasteiger charge is 1.88. The van der Waals surface area contributed by atoms with Gasteiger partial charge in [-0.15, -0.1) is 12.4 Å². The van der Waals surface area contributed by atoms with Gasteiger partial charge in [0, 0.05) is 23.8 Å². The molecule has 1 aromatic rings. The van der Waals surface area contributed by atoms with E-state index in [1.165, 1.54) is 0 Å². The SMILES string of the molecule is Cl.NCCNc1ccc(Cl)cc1. The summed E-state index contributed by atoms with van der Waals surface area (Å²) in [4.78, 5) is 0. The molecule has 1 rings (SSSR count). The summed E-state index contributed by atoms with van der Waals surface area (Å²) in [5.74, 6) is 0. The topological polar surface area (TPSA) is 38.0 Å². The van der Waals surface area contributed by atoms with Crippen LogP contribution in [0.3, 0.4) is 0 Å². The summed E-state index contributed by atoms with van der Waals surface area (Å²) < 4.78 is 0. The molecule has 0 aliphatic rings. The molecule has 0 radical (unpaired) electrons. The second-order valence-electron chi connectivity index (χ2n) is 2.22. The molecule has 0 fully saturated rings. The van der Waals surface area contributed by atoms with Crippen molar-refractivity contribution in [3.8, 4) is 0 Å². The molecule has 1 aromatic carbocycles. The van der Waals surface area contributed by atoms with Gasteiger partial charge in [-0.05, 0) is 24.3 Å². The van der Waals surface area contributed by atoms with Gasteiger partial charge in [0.1, 0.15) is 0 Å². The van der Waals surface area contributed by atoms with Crippen molar-refractivity contribution in [1.82, 2.24) is 0 Å². The zero-order chi connectivity index (χ0) is 8.10. The van der Waals surface area contributed by atoms with Crippen molar-refractivity contribution in [3.05, 3.63) is 29.3 Å². The van der Waals surface area contributed by atoms with Crippen LogP contribution >= 0.6 is 24.0 Å². The molecule has 0 spiro atoms. The summed E-state index contributed by atoms with van der Waals surface area (Å²) in [5.41, 5.74) is 6.37. The zero-order valence-electron chi connectivity index (χ0n) is 6.59. The van der Waals surface area contributed by atoms with E-state index in [1.54, 1.807) is 0 Å². The highest BCUT2D eigenvalue weighted by atomic mass is 35.5. The number of hydrogen-bond donors (Lipinski definition) is 2. The Morgan fingerprint density at radius 2 is 1.83 bits per heavy atom. The molecule has 0 unspecified atom stereocenters. The molecule has 0 aliphatic heterocycles. The van der Waals surface area contributed by atoms with Gasteiger partial charge >= 0.3 is 0 Å². The Hall–Kier alpha value is -0.440. The summed E-state index contributed by atoms with van der Waals surface area (Å²) in [6, 6.07) is 7.55. The lowest BCUT2D eigenvalue weighted by Gasteiger charge is -2.02. The van der Waals surface area contributed by atoms with Crippen molar-refractivity contribution < 1.29 is 0 Å². The van der Waals surface area contributed by atoms with Gasteiger partial charge in [-0.1, -0.05) is 11.6 Å². The molecule has 0 saturated heterocycles. The Kier molecular flexibility index (Phi) is 5.89. The molecule has 3 N–H and O–H groups in total. The van der Waals surface area contributed by atoms with Crippen LogP contribution in [0.4, 0.5) is 5.69 Å². The fraction of sp³-hybridized carbons (Fsp3) is 0.250. The van der Waals surface area contributed by atoms with Gasteiger partial charge in [-0.3, -0.25) is 0 Å². The molecule has 0 saturated carbocycles. The molecule has 0 atom stereocenters. The minimum Gasteiger partial charge on any atom is -0.384 e. The second kappa shape index (κ2) is 6.12. The first-order valence-electron chi connectivity index (χ1n) is 3.52. The highest BCUT2D eigenvalue weighted by Crippen LogP contribution is 2.12. The number of anilines is 1. The number of hydrogen-bond acceptors (Lipinski definition) is 2. The van der Waals surface area contributed by atoms with Crippen LogP contribution in [0, 0.1) is 0 Å². The van der Waals surface area contributed by atoms with E-state index in [0.29, 0.717) is 6.54 Å². The molecule has 12 heavy (non-hydrogen) atoms. The van der Waals surface area contributed by atoms with Gasteiger partial charge in [-0.2, -0.15) is 0 Å². The fourth-order valence-electron chi connectivity index (χ4n) is 0.784. The van der Waals surface area contributed by atoms with Crippen LogP contribution in [0.25, 0.3) is 0 Å².